The van der Waals surface area contributed by atoms with E-state index in [1.54, 1.807) is 6.26 Å². The number of furan rings is 1. The van der Waals surface area contributed by atoms with Crippen LogP contribution in [0, 0.1) is 6.92 Å². The lowest BCUT2D eigenvalue weighted by molar-refractivity contribution is 0.507. The molecule has 0 amide bonds. The van der Waals surface area contributed by atoms with Gasteiger partial charge in [-0.2, -0.15) is 0 Å². The molecule has 0 spiro atoms. The molecule has 0 atom stereocenters. The van der Waals surface area contributed by atoms with E-state index in [1.807, 2.05) is 12.1 Å². The van der Waals surface area contributed by atoms with Crippen LogP contribution in [0.25, 0.3) is 11.0 Å². The molecule has 0 aliphatic carbocycles. The molecule has 3 nitrogen and oxygen atoms in total. The Morgan fingerprint density at radius 3 is 3.00 bits per heavy atom. The van der Waals surface area contributed by atoms with Gasteiger partial charge in [0.2, 0.25) is 0 Å². The minimum absolute atomic E-state index is 0.860. The number of imidazole rings is 1. The van der Waals surface area contributed by atoms with E-state index in [2.05, 4.69) is 45.0 Å². The lowest BCUT2D eigenvalue weighted by Gasteiger charge is -1.94. The molecule has 0 aliphatic heterocycles. The summed E-state index contributed by atoms with van der Waals surface area (Å²) in [6.45, 7) is 2.07. The smallest absolute Gasteiger partial charge is 0.107 e. The van der Waals surface area contributed by atoms with Gasteiger partial charge in [0.05, 0.1) is 17.3 Å². The molecule has 1 aromatic carbocycles. The molecule has 0 aliphatic rings. The summed E-state index contributed by atoms with van der Waals surface area (Å²) >= 11 is 3.50. The van der Waals surface area contributed by atoms with Gasteiger partial charge >= 0.3 is 0 Å². The molecule has 0 unspecified atom stereocenters. The summed E-state index contributed by atoms with van der Waals surface area (Å²) in [5.74, 6) is 2.00. The molecule has 3 rings (SSSR count). The van der Waals surface area contributed by atoms with Gasteiger partial charge in [0.25, 0.3) is 0 Å². The van der Waals surface area contributed by atoms with Crippen molar-refractivity contribution in [2.45, 2.75) is 19.8 Å². The molecule has 0 saturated carbocycles. The van der Waals surface area contributed by atoms with Crippen LogP contribution in [0.4, 0.5) is 0 Å². The highest BCUT2D eigenvalue weighted by atomic mass is 79.9. The highest BCUT2D eigenvalue weighted by Crippen LogP contribution is 2.22. The third-order valence-corrected chi connectivity index (χ3v) is 3.44. The predicted molar refractivity (Wildman–Crippen MR) is 74.6 cm³/mol. The van der Waals surface area contributed by atoms with Crippen LogP contribution in [-0.2, 0) is 12.8 Å². The molecule has 2 aromatic heterocycles. The fourth-order valence-electron chi connectivity index (χ4n) is 2.11. The first kappa shape index (κ1) is 11.5. The Kier molecular flexibility index (Phi) is 2.96. The average molecular weight is 305 g/mol. The van der Waals surface area contributed by atoms with E-state index >= 15 is 0 Å². The first-order valence-corrected chi connectivity index (χ1v) is 6.69. The number of rotatable bonds is 3. The van der Waals surface area contributed by atoms with Crippen molar-refractivity contribution in [1.29, 1.82) is 0 Å². The Hall–Kier alpha value is -1.55. The minimum Gasteiger partial charge on any atom is -0.469 e. The molecular weight excluding hydrogens is 292 g/mol. The number of aryl methyl sites for hydroxylation is 3. The maximum absolute atomic E-state index is 5.32. The van der Waals surface area contributed by atoms with Gasteiger partial charge in [-0.3, -0.25) is 0 Å². The second-order valence-electron chi connectivity index (χ2n) is 4.38. The molecule has 0 saturated heterocycles. The highest BCUT2D eigenvalue weighted by molar-refractivity contribution is 9.10. The molecule has 2 heterocycles. The Morgan fingerprint density at radius 2 is 2.22 bits per heavy atom. The van der Waals surface area contributed by atoms with E-state index in [0.29, 0.717) is 0 Å². The summed E-state index contributed by atoms with van der Waals surface area (Å²) < 4.78 is 6.40. The molecular formula is C14H13BrN2O. The third-order valence-electron chi connectivity index (χ3n) is 2.98. The lowest BCUT2D eigenvalue weighted by atomic mass is 10.2. The molecule has 18 heavy (non-hydrogen) atoms. The molecule has 1 N–H and O–H groups in total. The maximum Gasteiger partial charge on any atom is 0.107 e. The topological polar surface area (TPSA) is 41.8 Å². The number of benzene rings is 1. The average Bonchev–Trinajstić information content (AvgIpc) is 2.93. The van der Waals surface area contributed by atoms with Crippen molar-refractivity contribution in [3.05, 3.63) is 52.1 Å². The third kappa shape index (κ3) is 2.20. The Labute approximate surface area is 113 Å². The second kappa shape index (κ2) is 4.61. The first-order chi connectivity index (χ1) is 8.72. The zero-order valence-electron chi connectivity index (χ0n) is 10.0. The normalized spacial score (nSPS) is 11.2. The summed E-state index contributed by atoms with van der Waals surface area (Å²) in [4.78, 5) is 7.99. The van der Waals surface area contributed by atoms with E-state index in [9.17, 15) is 0 Å². The van der Waals surface area contributed by atoms with E-state index in [-0.39, 0.29) is 0 Å². The van der Waals surface area contributed by atoms with Crippen molar-refractivity contribution in [3.63, 3.8) is 0 Å². The summed E-state index contributed by atoms with van der Waals surface area (Å²) in [5.41, 5.74) is 3.31. The number of fused-ring (bicyclic) bond motifs is 1. The summed E-state index contributed by atoms with van der Waals surface area (Å²) in [6.07, 6.45) is 3.43. The molecule has 0 bridgehead atoms. The van der Waals surface area contributed by atoms with Crippen molar-refractivity contribution in [2.24, 2.45) is 0 Å². The number of aromatic amines is 1. The van der Waals surface area contributed by atoms with Crippen molar-refractivity contribution in [2.75, 3.05) is 0 Å². The SMILES string of the molecule is Cc1cc(Br)cc2[nH]c(CCc3ccco3)nc12. The van der Waals surface area contributed by atoms with Gasteiger partial charge in [-0.15, -0.1) is 0 Å². The molecule has 3 aromatic rings. The number of hydrogen-bond acceptors (Lipinski definition) is 2. The number of H-pyrrole nitrogens is 1. The number of halogens is 1. The molecule has 0 fully saturated rings. The van der Waals surface area contributed by atoms with Gasteiger partial charge in [0, 0.05) is 17.3 Å². The number of aromatic nitrogens is 2. The Balaban J connectivity index is 1.87. The Bertz CT molecular complexity index is 670. The van der Waals surface area contributed by atoms with Gasteiger partial charge in [-0.05, 0) is 36.8 Å². The number of nitrogens with one attached hydrogen (secondary N) is 1. The summed E-state index contributed by atoms with van der Waals surface area (Å²) in [5, 5.41) is 0. The predicted octanol–water partition coefficient (Wildman–Crippen LogP) is 4.01. The van der Waals surface area contributed by atoms with Gasteiger partial charge in [0.1, 0.15) is 11.6 Å². The van der Waals surface area contributed by atoms with Crippen LogP contribution in [0.3, 0.4) is 0 Å². The molecule has 92 valence electrons. The molecule has 4 heteroatoms. The highest BCUT2D eigenvalue weighted by Gasteiger charge is 2.07. The van der Waals surface area contributed by atoms with Crippen molar-refractivity contribution < 1.29 is 4.42 Å². The standard InChI is InChI=1S/C14H13BrN2O/c1-9-7-10(15)8-12-14(9)17-13(16-12)5-4-11-3-2-6-18-11/h2-3,6-8H,4-5H2,1H3,(H,16,17). The zero-order valence-corrected chi connectivity index (χ0v) is 11.6. The van der Waals surface area contributed by atoms with E-state index < -0.39 is 0 Å². The Morgan fingerprint density at radius 1 is 1.33 bits per heavy atom. The molecule has 0 radical (unpaired) electrons. The van der Waals surface area contributed by atoms with E-state index in [0.717, 1.165) is 39.9 Å². The van der Waals surface area contributed by atoms with Gasteiger partial charge in [-0.1, -0.05) is 15.9 Å². The van der Waals surface area contributed by atoms with Crippen LogP contribution in [0.2, 0.25) is 0 Å². The van der Waals surface area contributed by atoms with Gasteiger partial charge in [-0.25, -0.2) is 4.98 Å². The van der Waals surface area contributed by atoms with Crippen molar-refractivity contribution >= 4 is 27.0 Å². The van der Waals surface area contributed by atoms with Crippen LogP contribution in [-0.4, -0.2) is 9.97 Å². The monoisotopic (exact) mass is 304 g/mol. The fourth-order valence-corrected chi connectivity index (χ4v) is 2.68. The quantitative estimate of drug-likeness (QED) is 0.794. The zero-order chi connectivity index (χ0) is 12.5. The summed E-state index contributed by atoms with van der Waals surface area (Å²) in [7, 11) is 0. The second-order valence-corrected chi connectivity index (χ2v) is 5.30. The number of hydrogen-bond donors (Lipinski definition) is 1. The first-order valence-electron chi connectivity index (χ1n) is 5.89. The lowest BCUT2D eigenvalue weighted by Crippen LogP contribution is -1.91. The maximum atomic E-state index is 5.32. The van der Waals surface area contributed by atoms with E-state index in [1.165, 1.54) is 5.56 Å². The fraction of sp³-hybridized carbons (Fsp3) is 0.214. The van der Waals surface area contributed by atoms with Crippen molar-refractivity contribution in [3.8, 4) is 0 Å². The van der Waals surface area contributed by atoms with Gasteiger partial charge in [0.15, 0.2) is 0 Å². The number of nitrogens with zero attached hydrogens (tertiary/aromatic N) is 1. The van der Waals surface area contributed by atoms with Crippen LogP contribution in [0.1, 0.15) is 17.1 Å². The van der Waals surface area contributed by atoms with Crippen LogP contribution in [0.15, 0.2) is 39.4 Å². The minimum atomic E-state index is 0.860. The summed E-state index contributed by atoms with van der Waals surface area (Å²) in [6, 6.07) is 8.05. The van der Waals surface area contributed by atoms with Crippen LogP contribution in [0.5, 0.6) is 0 Å². The van der Waals surface area contributed by atoms with Gasteiger partial charge < -0.3 is 9.40 Å². The van der Waals surface area contributed by atoms with Crippen LogP contribution < -0.4 is 0 Å². The van der Waals surface area contributed by atoms with Crippen LogP contribution >= 0.6 is 15.9 Å². The largest absolute Gasteiger partial charge is 0.469 e. The van der Waals surface area contributed by atoms with Crippen molar-refractivity contribution in [1.82, 2.24) is 9.97 Å². The van der Waals surface area contributed by atoms with E-state index in [4.69, 9.17) is 4.42 Å².